The molecule has 3 aromatic rings. The number of hydrogen-bond acceptors (Lipinski definition) is 4. The van der Waals surface area contributed by atoms with Crippen LogP contribution in [0.15, 0.2) is 72.8 Å². The molecule has 1 aliphatic carbocycles. The van der Waals surface area contributed by atoms with Crippen LogP contribution in [0.3, 0.4) is 0 Å². The van der Waals surface area contributed by atoms with Crippen molar-refractivity contribution in [2.24, 2.45) is 11.8 Å². The number of nitro groups is 1. The lowest BCUT2D eigenvalue weighted by Crippen LogP contribution is -2.47. The van der Waals surface area contributed by atoms with Crippen molar-refractivity contribution in [1.29, 1.82) is 0 Å². The third-order valence-electron chi connectivity index (χ3n) is 7.53. The zero-order chi connectivity index (χ0) is 25.3. The van der Waals surface area contributed by atoms with Crippen molar-refractivity contribution >= 4 is 23.2 Å². The second-order valence-corrected chi connectivity index (χ2v) is 10.4. The number of non-ortho nitro benzene ring substituents is 1. The van der Waals surface area contributed by atoms with Crippen LogP contribution in [-0.4, -0.2) is 22.3 Å². The van der Waals surface area contributed by atoms with Gasteiger partial charge in [0.05, 0.1) is 11.5 Å². The van der Waals surface area contributed by atoms with Gasteiger partial charge in [-0.2, -0.15) is 0 Å². The molecule has 3 aromatic carbocycles. The minimum absolute atomic E-state index is 0.0153. The number of halogens is 1. The van der Waals surface area contributed by atoms with Gasteiger partial charge in [-0.05, 0) is 48.4 Å². The van der Waals surface area contributed by atoms with Crippen LogP contribution in [0.2, 0.25) is 5.02 Å². The summed E-state index contributed by atoms with van der Waals surface area (Å²) in [5.41, 5.74) is 1.92. The van der Waals surface area contributed by atoms with E-state index in [9.17, 15) is 14.9 Å². The summed E-state index contributed by atoms with van der Waals surface area (Å²) in [4.78, 5) is 26.3. The normalized spacial score (nSPS) is 23.5. The standard InChI is InChI=1S/C29H29ClN2O4/c1-20-6-8-22(9-7-20)19-36-29(23-12-14-24(30)15-13-23)27-5-3-2-4-26(27)28(33)31(29)18-21-10-16-25(17-11-21)32(34)35/h2-5,10-17,20,22H,6-9,18-19H2,1H3. The third-order valence-corrected chi connectivity index (χ3v) is 7.79. The average Bonchev–Trinajstić information content (AvgIpc) is 3.13. The Bertz CT molecular complexity index is 1250. The van der Waals surface area contributed by atoms with E-state index in [1.807, 2.05) is 48.5 Å². The summed E-state index contributed by atoms with van der Waals surface area (Å²) in [6.07, 6.45) is 4.58. The molecular weight excluding hydrogens is 476 g/mol. The zero-order valence-electron chi connectivity index (χ0n) is 20.2. The van der Waals surface area contributed by atoms with Crippen LogP contribution in [-0.2, 0) is 17.0 Å². The molecule has 0 N–H and O–H groups in total. The predicted molar refractivity (Wildman–Crippen MR) is 139 cm³/mol. The molecule has 5 rings (SSSR count). The van der Waals surface area contributed by atoms with E-state index in [0.717, 1.165) is 35.4 Å². The quantitative estimate of drug-likeness (QED) is 0.258. The molecule has 0 spiro atoms. The van der Waals surface area contributed by atoms with Gasteiger partial charge < -0.3 is 4.74 Å². The van der Waals surface area contributed by atoms with E-state index in [1.54, 1.807) is 17.0 Å². The van der Waals surface area contributed by atoms with Crippen LogP contribution in [0.4, 0.5) is 5.69 Å². The first-order valence-corrected chi connectivity index (χ1v) is 12.8. The Hall–Kier alpha value is -3.22. The number of amides is 1. The molecule has 1 fully saturated rings. The highest BCUT2D eigenvalue weighted by atomic mass is 35.5. The molecule has 36 heavy (non-hydrogen) atoms. The molecule has 1 amide bonds. The molecule has 1 unspecified atom stereocenters. The first kappa shape index (κ1) is 24.5. The Labute approximate surface area is 216 Å². The van der Waals surface area contributed by atoms with Crippen molar-refractivity contribution in [3.8, 4) is 0 Å². The summed E-state index contributed by atoms with van der Waals surface area (Å²) in [7, 11) is 0. The van der Waals surface area contributed by atoms with E-state index >= 15 is 0 Å². The summed E-state index contributed by atoms with van der Waals surface area (Å²) < 4.78 is 6.89. The van der Waals surface area contributed by atoms with Gasteiger partial charge in [0.25, 0.3) is 11.6 Å². The molecule has 1 heterocycles. The van der Waals surface area contributed by atoms with Crippen molar-refractivity contribution in [2.75, 3.05) is 6.61 Å². The van der Waals surface area contributed by atoms with E-state index in [-0.39, 0.29) is 18.1 Å². The lowest BCUT2D eigenvalue weighted by Gasteiger charge is -2.41. The van der Waals surface area contributed by atoms with Crippen LogP contribution >= 0.6 is 11.6 Å². The summed E-state index contributed by atoms with van der Waals surface area (Å²) >= 11 is 6.24. The number of rotatable bonds is 7. The Balaban J connectivity index is 1.57. The number of nitro benzene ring substituents is 1. The Morgan fingerprint density at radius 1 is 1.00 bits per heavy atom. The second-order valence-electron chi connectivity index (χ2n) is 9.95. The van der Waals surface area contributed by atoms with Gasteiger partial charge in [0, 0.05) is 40.4 Å². The topological polar surface area (TPSA) is 72.7 Å². The Kier molecular flexibility index (Phi) is 6.82. The molecule has 1 saturated carbocycles. The second kappa shape index (κ2) is 10.0. The molecule has 0 aromatic heterocycles. The number of carbonyl (C=O) groups excluding carboxylic acids is 1. The van der Waals surface area contributed by atoms with Gasteiger partial charge in [-0.3, -0.25) is 19.8 Å². The number of fused-ring (bicyclic) bond motifs is 1. The Morgan fingerprint density at radius 3 is 2.33 bits per heavy atom. The molecule has 7 heteroatoms. The Morgan fingerprint density at radius 2 is 1.67 bits per heavy atom. The van der Waals surface area contributed by atoms with Crippen molar-refractivity contribution in [1.82, 2.24) is 4.90 Å². The molecule has 0 radical (unpaired) electrons. The van der Waals surface area contributed by atoms with E-state index < -0.39 is 10.6 Å². The van der Waals surface area contributed by atoms with Gasteiger partial charge >= 0.3 is 0 Å². The monoisotopic (exact) mass is 504 g/mol. The summed E-state index contributed by atoms with van der Waals surface area (Å²) in [5.74, 6) is 1.03. The molecule has 0 bridgehead atoms. The first-order chi connectivity index (χ1) is 17.4. The maximum atomic E-state index is 13.8. The van der Waals surface area contributed by atoms with Crippen LogP contribution in [0.1, 0.15) is 59.7 Å². The highest BCUT2D eigenvalue weighted by molar-refractivity contribution is 6.30. The lowest BCUT2D eigenvalue weighted by atomic mass is 9.83. The minimum Gasteiger partial charge on any atom is -0.347 e. The van der Waals surface area contributed by atoms with Crippen molar-refractivity contribution in [2.45, 2.75) is 44.9 Å². The number of ether oxygens (including phenoxy) is 1. The first-order valence-electron chi connectivity index (χ1n) is 12.4. The van der Waals surface area contributed by atoms with Crippen LogP contribution < -0.4 is 0 Å². The smallest absolute Gasteiger partial charge is 0.269 e. The fourth-order valence-electron chi connectivity index (χ4n) is 5.45. The molecule has 186 valence electrons. The molecule has 2 aliphatic rings. The van der Waals surface area contributed by atoms with Crippen molar-refractivity contribution in [3.05, 3.63) is 110 Å². The SMILES string of the molecule is CC1CCC(COC2(c3ccc(Cl)cc3)c3ccccc3C(=O)N2Cc2ccc([N+](=O)[O-])cc2)CC1. The zero-order valence-corrected chi connectivity index (χ0v) is 21.0. The van der Waals surface area contributed by atoms with E-state index in [1.165, 1.54) is 25.0 Å². The number of carbonyl (C=O) groups is 1. The van der Waals surface area contributed by atoms with Gasteiger partial charge in [0.1, 0.15) is 0 Å². The largest absolute Gasteiger partial charge is 0.347 e. The van der Waals surface area contributed by atoms with Gasteiger partial charge in [-0.25, -0.2) is 0 Å². The van der Waals surface area contributed by atoms with Crippen LogP contribution in [0.25, 0.3) is 0 Å². The minimum atomic E-state index is -1.12. The van der Waals surface area contributed by atoms with E-state index in [0.29, 0.717) is 23.1 Å². The number of hydrogen-bond donors (Lipinski definition) is 0. The summed E-state index contributed by atoms with van der Waals surface area (Å²) in [6, 6.07) is 21.4. The third kappa shape index (κ3) is 4.51. The van der Waals surface area contributed by atoms with Gasteiger partial charge in [-0.1, -0.05) is 73.8 Å². The summed E-state index contributed by atoms with van der Waals surface area (Å²) in [5, 5.41) is 11.7. The molecule has 1 aliphatic heterocycles. The summed E-state index contributed by atoms with van der Waals surface area (Å²) in [6.45, 7) is 3.08. The molecule has 6 nitrogen and oxygen atoms in total. The highest BCUT2D eigenvalue weighted by Crippen LogP contribution is 2.47. The van der Waals surface area contributed by atoms with Crippen molar-refractivity contribution < 1.29 is 14.5 Å². The van der Waals surface area contributed by atoms with Gasteiger partial charge in [-0.15, -0.1) is 0 Å². The molecular formula is C29H29ClN2O4. The predicted octanol–water partition coefficient (Wildman–Crippen LogP) is 6.95. The van der Waals surface area contributed by atoms with Crippen LogP contribution in [0, 0.1) is 22.0 Å². The maximum Gasteiger partial charge on any atom is 0.269 e. The number of benzene rings is 3. The lowest BCUT2D eigenvalue weighted by molar-refractivity contribution is -0.384. The van der Waals surface area contributed by atoms with E-state index in [2.05, 4.69) is 6.92 Å². The highest BCUT2D eigenvalue weighted by Gasteiger charge is 2.52. The maximum absolute atomic E-state index is 13.8. The fraction of sp³-hybridized carbons (Fsp3) is 0.345. The van der Waals surface area contributed by atoms with Crippen molar-refractivity contribution in [3.63, 3.8) is 0 Å². The van der Waals surface area contributed by atoms with Crippen LogP contribution in [0.5, 0.6) is 0 Å². The molecule has 1 atom stereocenters. The molecule has 0 saturated heterocycles. The van der Waals surface area contributed by atoms with E-state index in [4.69, 9.17) is 16.3 Å². The number of nitrogens with zero attached hydrogens (tertiary/aromatic N) is 2. The average molecular weight is 505 g/mol. The fourth-order valence-corrected chi connectivity index (χ4v) is 5.57. The van der Waals surface area contributed by atoms with Gasteiger partial charge in [0.2, 0.25) is 0 Å². The van der Waals surface area contributed by atoms with Gasteiger partial charge in [0.15, 0.2) is 5.72 Å².